The van der Waals surface area contributed by atoms with Crippen LogP contribution in [0.5, 0.6) is 5.75 Å². The van der Waals surface area contributed by atoms with E-state index in [9.17, 15) is 13.2 Å². The molecule has 1 aromatic carbocycles. The molecule has 0 atom stereocenters. The second-order valence-electron chi connectivity index (χ2n) is 6.34. The van der Waals surface area contributed by atoms with Crippen molar-refractivity contribution in [2.24, 2.45) is 0 Å². The Labute approximate surface area is 190 Å². The summed E-state index contributed by atoms with van der Waals surface area (Å²) in [5.74, 6) is 0.141. The van der Waals surface area contributed by atoms with Crippen LogP contribution in [0, 0.1) is 0 Å². The van der Waals surface area contributed by atoms with E-state index >= 15 is 0 Å². The number of anilines is 2. The predicted octanol–water partition coefficient (Wildman–Crippen LogP) is 2.37. The highest BCUT2D eigenvalue weighted by molar-refractivity contribution is 8.01. The highest BCUT2D eigenvalue weighted by Gasteiger charge is 2.20. The van der Waals surface area contributed by atoms with Crippen molar-refractivity contribution >= 4 is 49.8 Å². The lowest BCUT2D eigenvalue weighted by Crippen LogP contribution is -2.22. The number of thioether (sulfide) groups is 1. The SMILES string of the molecule is CCOCCCNc1nnc(SCC(=O)Nc2cc(S(=O)(=O)N(C)C)ccc2OC)s1. The Balaban J connectivity index is 1.93. The van der Waals surface area contributed by atoms with Gasteiger partial charge in [0.25, 0.3) is 0 Å². The smallest absolute Gasteiger partial charge is 0.242 e. The molecule has 0 aliphatic rings. The van der Waals surface area contributed by atoms with Gasteiger partial charge in [-0.25, -0.2) is 12.7 Å². The standard InChI is InChI=1S/C18H27N5O5S3/c1-5-28-10-6-9-19-17-21-22-18(30-17)29-12-16(24)20-14-11-13(7-8-15(14)27-4)31(25,26)23(2)3/h7-8,11H,5-6,9-10,12H2,1-4H3,(H,19,21)(H,20,24). The van der Waals surface area contributed by atoms with Gasteiger partial charge in [-0.2, -0.15) is 0 Å². The molecule has 0 unspecified atom stereocenters. The Morgan fingerprint density at radius 1 is 1.29 bits per heavy atom. The van der Waals surface area contributed by atoms with Crippen LogP contribution in [-0.2, 0) is 19.6 Å². The number of carbonyl (C=O) groups is 1. The van der Waals surface area contributed by atoms with Gasteiger partial charge in [-0.15, -0.1) is 10.2 Å². The van der Waals surface area contributed by atoms with Crippen molar-refractivity contribution in [3.8, 4) is 5.75 Å². The second kappa shape index (κ2) is 12.2. The number of methoxy groups -OCH3 is 1. The van der Waals surface area contributed by atoms with Crippen LogP contribution in [0.1, 0.15) is 13.3 Å². The Bertz CT molecular complexity index is 965. The summed E-state index contributed by atoms with van der Waals surface area (Å²) in [4.78, 5) is 12.5. The maximum Gasteiger partial charge on any atom is 0.242 e. The summed E-state index contributed by atoms with van der Waals surface area (Å²) in [5.41, 5.74) is 0.282. The van der Waals surface area contributed by atoms with E-state index in [0.29, 0.717) is 28.4 Å². The molecule has 1 heterocycles. The summed E-state index contributed by atoms with van der Waals surface area (Å²) in [5, 5.41) is 14.7. The van der Waals surface area contributed by atoms with Gasteiger partial charge in [-0.3, -0.25) is 4.79 Å². The van der Waals surface area contributed by atoms with E-state index < -0.39 is 10.0 Å². The molecule has 0 saturated heterocycles. The van der Waals surface area contributed by atoms with E-state index in [1.165, 1.54) is 62.5 Å². The minimum Gasteiger partial charge on any atom is -0.495 e. The maximum atomic E-state index is 12.4. The van der Waals surface area contributed by atoms with Crippen LogP contribution in [0.2, 0.25) is 0 Å². The maximum absolute atomic E-state index is 12.4. The van der Waals surface area contributed by atoms with Crippen LogP contribution in [0.3, 0.4) is 0 Å². The van der Waals surface area contributed by atoms with Gasteiger partial charge in [0.05, 0.1) is 23.4 Å². The molecule has 0 aliphatic heterocycles. The van der Waals surface area contributed by atoms with Crippen LogP contribution < -0.4 is 15.4 Å². The molecule has 2 aromatic rings. The predicted molar refractivity (Wildman–Crippen MR) is 123 cm³/mol. The van der Waals surface area contributed by atoms with Crippen molar-refractivity contribution in [1.82, 2.24) is 14.5 Å². The van der Waals surface area contributed by atoms with E-state index in [-0.39, 0.29) is 22.2 Å². The largest absolute Gasteiger partial charge is 0.495 e. The van der Waals surface area contributed by atoms with Crippen LogP contribution in [-0.4, -0.2) is 75.5 Å². The lowest BCUT2D eigenvalue weighted by Gasteiger charge is -2.15. The molecule has 1 aromatic heterocycles. The van der Waals surface area contributed by atoms with E-state index in [0.717, 1.165) is 17.3 Å². The first-order valence-corrected chi connectivity index (χ1v) is 12.7. The molecule has 2 rings (SSSR count). The normalized spacial score (nSPS) is 11.5. The van der Waals surface area contributed by atoms with E-state index in [1.807, 2.05) is 6.92 Å². The summed E-state index contributed by atoms with van der Waals surface area (Å²) in [7, 11) is 0.699. The molecular weight excluding hydrogens is 462 g/mol. The first kappa shape index (κ1) is 25.3. The van der Waals surface area contributed by atoms with E-state index in [1.54, 1.807) is 0 Å². The quantitative estimate of drug-likeness (QED) is 0.322. The molecule has 2 N–H and O–H groups in total. The van der Waals surface area contributed by atoms with Gasteiger partial charge < -0.3 is 20.1 Å². The molecule has 0 aliphatic carbocycles. The highest BCUT2D eigenvalue weighted by atomic mass is 32.2. The summed E-state index contributed by atoms with van der Waals surface area (Å²) in [6.07, 6.45) is 0.864. The Morgan fingerprint density at radius 2 is 2.06 bits per heavy atom. The topological polar surface area (TPSA) is 123 Å². The zero-order valence-corrected chi connectivity index (χ0v) is 20.3. The van der Waals surface area contributed by atoms with Gasteiger partial charge in [0.2, 0.25) is 21.1 Å². The third-order valence-corrected chi connectivity index (χ3v) is 7.73. The molecule has 0 spiro atoms. The highest BCUT2D eigenvalue weighted by Crippen LogP contribution is 2.29. The monoisotopic (exact) mass is 489 g/mol. The van der Waals surface area contributed by atoms with Crippen molar-refractivity contribution in [2.75, 3.05) is 57.4 Å². The third-order valence-electron chi connectivity index (χ3n) is 3.90. The number of hydrogen-bond acceptors (Lipinski definition) is 10. The fourth-order valence-electron chi connectivity index (χ4n) is 2.32. The molecular formula is C18H27N5O5S3. The van der Waals surface area contributed by atoms with E-state index in [4.69, 9.17) is 9.47 Å². The minimum atomic E-state index is -3.64. The fourth-order valence-corrected chi connectivity index (χ4v) is 4.83. The average molecular weight is 490 g/mol. The molecule has 172 valence electrons. The Morgan fingerprint density at radius 3 is 2.74 bits per heavy atom. The zero-order valence-electron chi connectivity index (χ0n) is 17.9. The van der Waals surface area contributed by atoms with Crippen molar-refractivity contribution in [1.29, 1.82) is 0 Å². The van der Waals surface area contributed by atoms with Gasteiger partial charge in [0.15, 0.2) is 4.34 Å². The van der Waals surface area contributed by atoms with Crippen LogP contribution >= 0.6 is 23.1 Å². The number of ether oxygens (including phenoxy) is 2. The van der Waals surface area contributed by atoms with Gasteiger partial charge in [0, 0.05) is 33.9 Å². The molecule has 10 nitrogen and oxygen atoms in total. The van der Waals surface area contributed by atoms with Crippen LogP contribution in [0.4, 0.5) is 10.8 Å². The first-order valence-electron chi connectivity index (χ1n) is 9.46. The van der Waals surface area contributed by atoms with Crippen molar-refractivity contribution in [3.05, 3.63) is 18.2 Å². The molecule has 0 saturated carbocycles. The number of benzene rings is 1. The first-order chi connectivity index (χ1) is 14.8. The summed E-state index contributed by atoms with van der Waals surface area (Å²) < 4.78 is 37.0. The van der Waals surface area contributed by atoms with Crippen molar-refractivity contribution in [3.63, 3.8) is 0 Å². The Kier molecular flexibility index (Phi) is 9.96. The van der Waals surface area contributed by atoms with Gasteiger partial charge in [-0.1, -0.05) is 23.1 Å². The van der Waals surface area contributed by atoms with Crippen molar-refractivity contribution in [2.45, 2.75) is 22.6 Å². The number of nitrogens with zero attached hydrogens (tertiary/aromatic N) is 3. The minimum absolute atomic E-state index is 0.0606. The number of aromatic nitrogens is 2. The molecule has 31 heavy (non-hydrogen) atoms. The van der Waals surface area contributed by atoms with Gasteiger partial charge in [0.1, 0.15) is 5.75 Å². The molecule has 0 fully saturated rings. The molecule has 0 radical (unpaired) electrons. The average Bonchev–Trinajstić information content (AvgIpc) is 3.19. The molecule has 13 heteroatoms. The van der Waals surface area contributed by atoms with Gasteiger partial charge >= 0.3 is 0 Å². The van der Waals surface area contributed by atoms with E-state index in [2.05, 4.69) is 20.8 Å². The van der Waals surface area contributed by atoms with Gasteiger partial charge in [-0.05, 0) is 31.5 Å². The number of hydrogen-bond donors (Lipinski definition) is 2. The lowest BCUT2D eigenvalue weighted by molar-refractivity contribution is -0.113. The number of sulfonamides is 1. The summed E-state index contributed by atoms with van der Waals surface area (Å²) in [6, 6.07) is 4.32. The number of rotatable bonds is 13. The number of carbonyl (C=O) groups excluding carboxylic acids is 1. The van der Waals surface area contributed by atoms with Crippen LogP contribution in [0.15, 0.2) is 27.4 Å². The molecule has 1 amide bonds. The summed E-state index contributed by atoms with van der Waals surface area (Å²) in [6.45, 7) is 4.07. The number of nitrogens with one attached hydrogen (secondary N) is 2. The third kappa shape index (κ3) is 7.61. The number of amides is 1. The second-order valence-corrected chi connectivity index (χ2v) is 10.7. The zero-order chi connectivity index (χ0) is 22.9. The van der Waals surface area contributed by atoms with Crippen LogP contribution in [0.25, 0.3) is 0 Å². The fraction of sp³-hybridized carbons (Fsp3) is 0.500. The summed E-state index contributed by atoms with van der Waals surface area (Å²) >= 11 is 2.61. The van der Waals surface area contributed by atoms with Crippen molar-refractivity contribution < 1.29 is 22.7 Å². The molecule has 0 bridgehead atoms. The Hall–Kier alpha value is -1.93. The lowest BCUT2D eigenvalue weighted by atomic mass is 10.3.